The lowest BCUT2D eigenvalue weighted by Crippen LogP contribution is -2.03. The molecule has 0 atom stereocenters. The van der Waals surface area contributed by atoms with Crippen LogP contribution in [0.15, 0.2) is 72.9 Å². The van der Waals surface area contributed by atoms with Gasteiger partial charge in [0.15, 0.2) is 5.78 Å². The van der Waals surface area contributed by atoms with E-state index in [0.29, 0.717) is 22.8 Å². The summed E-state index contributed by atoms with van der Waals surface area (Å²) in [5.41, 5.74) is 2.29. The molecule has 0 aliphatic heterocycles. The largest absolute Gasteiger partial charge is 0.438 e. The maximum atomic E-state index is 12.7. The number of rotatable bonds is 4. The van der Waals surface area contributed by atoms with Gasteiger partial charge in [-0.2, -0.15) is 0 Å². The van der Waals surface area contributed by atoms with Crippen LogP contribution in [0.5, 0.6) is 11.6 Å². The van der Waals surface area contributed by atoms with Crippen LogP contribution in [0.3, 0.4) is 0 Å². The van der Waals surface area contributed by atoms with E-state index in [9.17, 15) is 4.79 Å². The summed E-state index contributed by atoms with van der Waals surface area (Å²) in [6, 6.07) is 20.1. The van der Waals surface area contributed by atoms with Gasteiger partial charge in [-0.25, -0.2) is 4.98 Å². The first-order valence-corrected chi connectivity index (χ1v) is 7.03. The fourth-order valence-electron chi connectivity index (χ4n) is 2.12. The number of hydrogen-bond acceptors (Lipinski definition) is 3. The van der Waals surface area contributed by atoms with Crippen molar-refractivity contribution >= 4 is 5.78 Å². The summed E-state index contributed by atoms with van der Waals surface area (Å²) in [6.07, 6.45) is 1.65. The van der Waals surface area contributed by atoms with Crippen molar-refractivity contribution < 1.29 is 9.53 Å². The highest BCUT2D eigenvalue weighted by Crippen LogP contribution is 2.25. The third-order valence-corrected chi connectivity index (χ3v) is 3.30. The molecule has 0 spiro atoms. The van der Waals surface area contributed by atoms with E-state index in [-0.39, 0.29) is 5.78 Å². The van der Waals surface area contributed by atoms with Crippen molar-refractivity contribution in [2.45, 2.75) is 6.92 Å². The Morgan fingerprint density at radius 2 is 1.64 bits per heavy atom. The van der Waals surface area contributed by atoms with Gasteiger partial charge in [0.05, 0.1) is 5.56 Å². The summed E-state index contributed by atoms with van der Waals surface area (Å²) in [5.74, 6) is 0.907. The lowest BCUT2D eigenvalue weighted by Gasteiger charge is -2.09. The lowest BCUT2D eigenvalue weighted by molar-refractivity contribution is 0.103. The van der Waals surface area contributed by atoms with E-state index >= 15 is 0 Å². The molecule has 3 rings (SSSR count). The van der Waals surface area contributed by atoms with Crippen LogP contribution in [-0.4, -0.2) is 10.8 Å². The third kappa shape index (κ3) is 3.04. The molecule has 3 nitrogen and oxygen atoms in total. The summed E-state index contributed by atoms with van der Waals surface area (Å²) in [4.78, 5) is 16.8. The molecule has 1 heterocycles. The minimum atomic E-state index is -0.0634. The molecular formula is C19H15NO2. The molecule has 3 heteroatoms. The summed E-state index contributed by atoms with van der Waals surface area (Å²) in [6.45, 7) is 1.99. The zero-order chi connectivity index (χ0) is 15.4. The highest BCUT2D eigenvalue weighted by atomic mass is 16.5. The second kappa shape index (κ2) is 6.22. The Morgan fingerprint density at radius 3 is 2.36 bits per heavy atom. The van der Waals surface area contributed by atoms with E-state index in [1.807, 2.05) is 55.5 Å². The molecule has 0 radical (unpaired) electrons. The molecule has 1 aromatic heterocycles. The van der Waals surface area contributed by atoms with Crippen molar-refractivity contribution in [3.05, 3.63) is 89.6 Å². The molecule has 3 aromatic rings. The number of para-hydroxylation sites is 1. The smallest absolute Gasteiger partial charge is 0.219 e. The Labute approximate surface area is 129 Å². The van der Waals surface area contributed by atoms with Crippen molar-refractivity contribution in [2.24, 2.45) is 0 Å². The van der Waals surface area contributed by atoms with Gasteiger partial charge in [-0.15, -0.1) is 0 Å². The molecule has 0 amide bonds. The topological polar surface area (TPSA) is 39.2 Å². The number of carbonyl (C=O) groups excluding carboxylic acids is 1. The van der Waals surface area contributed by atoms with Crippen molar-refractivity contribution in [3.63, 3.8) is 0 Å². The van der Waals surface area contributed by atoms with Gasteiger partial charge in [-0.1, -0.05) is 48.0 Å². The normalized spacial score (nSPS) is 10.2. The lowest BCUT2D eigenvalue weighted by atomic mass is 10.0. The van der Waals surface area contributed by atoms with Crippen molar-refractivity contribution in [1.82, 2.24) is 4.98 Å². The first kappa shape index (κ1) is 14.0. The molecule has 0 aliphatic rings. The highest BCUT2D eigenvalue weighted by Gasteiger charge is 2.14. The minimum absolute atomic E-state index is 0.0634. The van der Waals surface area contributed by atoms with Gasteiger partial charge < -0.3 is 4.74 Å². The van der Waals surface area contributed by atoms with Gasteiger partial charge >= 0.3 is 0 Å². The second-order valence-corrected chi connectivity index (χ2v) is 4.96. The molecule has 2 aromatic carbocycles. The Balaban J connectivity index is 1.94. The van der Waals surface area contributed by atoms with E-state index < -0.39 is 0 Å². The molecule has 22 heavy (non-hydrogen) atoms. The van der Waals surface area contributed by atoms with Gasteiger partial charge in [0, 0.05) is 17.8 Å². The van der Waals surface area contributed by atoms with Crippen molar-refractivity contribution in [3.8, 4) is 11.6 Å². The molecule has 0 unspecified atom stereocenters. The van der Waals surface area contributed by atoms with Gasteiger partial charge in [0.1, 0.15) is 5.75 Å². The number of pyridine rings is 1. The predicted molar refractivity (Wildman–Crippen MR) is 85.4 cm³/mol. The molecule has 0 saturated heterocycles. The second-order valence-electron chi connectivity index (χ2n) is 4.96. The summed E-state index contributed by atoms with van der Waals surface area (Å²) in [5, 5.41) is 0. The average Bonchev–Trinajstić information content (AvgIpc) is 2.56. The van der Waals surface area contributed by atoms with Crippen LogP contribution in [0.2, 0.25) is 0 Å². The van der Waals surface area contributed by atoms with Crippen LogP contribution in [0.25, 0.3) is 0 Å². The SMILES string of the molecule is Cc1ccc(C(=O)c2ccccc2Oc2ccccn2)cc1. The first-order valence-electron chi connectivity index (χ1n) is 7.03. The number of ether oxygens (including phenoxy) is 1. The van der Waals surface area contributed by atoms with Gasteiger partial charge in [-0.05, 0) is 25.1 Å². The standard InChI is InChI=1S/C19H15NO2/c1-14-9-11-15(12-10-14)19(21)16-6-2-3-7-17(16)22-18-8-4-5-13-20-18/h2-13H,1H3. The molecule has 108 valence electrons. The maximum absolute atomic E-state index is 12.7. The number of aromatic nitrogens is 1. The molecule has 0 fully saturated rings. The Kier molecular flexibility index (Phi) is 3.97. The Bertz CT molecular complexity index is 780. The quantitative estimate of drug-likeness (QED) is 0.668. The van der Waals surface area contributed by atoms with Crippen LogP contribution in [0, 0.1) is 6.92 Å². The van der Waals surface area contributed by atoms with Gasteiger partial charge in [-0.3, -0.25) is 4.79 Å². The number of nitrogens with zero attached hydrogens (tertiary/aromatic N) is 1. The molecule has 0 N–H and O–H groups in total. The van der Waals surface area contributed by atoms with Crippen LogP contribution in [0.4, 0.5) is 0 Å². The number of hydrogen-bond donors (Lipinski definition) is 0. The van der Waals surface area contributed by atoms with E-state index in [4.69, 9.17) is 4.74 Å². The highest BCUT2D eigenvalue weighted by molar-refractivity contribution is 6.10. The molecule has 0 saturated carbocycles. The van der Waals surface area contributed by atoms with Crippen LogP contribution >= 0.6 is 0 Å². The summed E-state index contributed by atoms with van der Waals surface area (Å²) >= 11 is 0. The summed E-state index contributed by atoms with van der Waals surface area (Å²) < 4.78 is 5.74. The average molecular weight is 289 g/mol. The third-order valence-electron chi connectivity index (χ3n) is 3.30. The number of carbonyl (C=O) groups is 1. The van der Waals surface area contributed by atoms with Crippen LogP contribution in [-0.2, 0) is 0 Å². The molecule has 0 bridgehead atoms. The number of benzene rings is 2. The fourth-order valence-corrected chi connectivity index (χ4v) is 2.12. The van der Waals surface area contributed by atoms with Crippen LogP contribution in [0.1, 0.15) is 21.5 Å². The zero-order valence-corrected chi connectivity index (χ0v) is 12.2. The van der Waals surface area contributed by atoms with E-state index in [2.05, 4.69) is 4.98 Å². The van der Waals surface area contributed by atoms with Gasteiger partial charge in [0.25, 0.3) is 0 Å². The monoisotopic (exact) mass is 289 g/mol. The van der Waals surface area contributed by atoms with E-state index in [1.54, 1.807) is 24.4 Å². The Morgan fingerprint density at radius 1 is 0.909 bits per heavy atom. The van der Waals surface area contributed by atoms with E-state index in [0.717, 1.165) is 5.56 Å². The predicted octanol–water partition coefficient (Wildman–Crippen LogP) is 4.41. The van der Waals surface area contributed by atoms with Crippen LogP contribution < -0.4 is 4.74 Å². The summed E-state index contributed by atoms with van der Waals surface area (Å²) in [7, 11) is 0. The molecular weight excluding hydrogens is 274 g/mol. The number of aryl methyl sites for hydroxylation is 1. The number of ketones is 1. The fraction of sp³-hybridized carbons (Fsp3) is 0.0526. The first-order chi connectivity index (χ1) is 10.7. The molecule has 0 aliphatic carbocycles. The van der Waals surface area contributed by atoms with Crippen molar-refractivity contribution in [2.75, 3.05) is 0 Å². The maximum Gasteiger partial charge on any atom is 0.219 e. The zero-order valence-electron chi connectivity index (χ0n) is 12.2. The Hall–Kier alpha value is -2.94. The van der Waals surface area contributed by atoms with Crippen molar-refractivity contribution in [1.29, 1.82) is 0 Å². The van der Waals surface area contributed by atoms with Gasteiger partial charge in [0.2, 0.25) is 5.88 Å². The minimum Gasteiger partial charge on any atom is -0.438 e. The van der Waals surface area contributed by atoms with E-state index in [1.165, 1.54) is 0 Å².